The molecular formula is C23H24N2O. The molecule has 0 aliphatic heterocycles. The van der Waals surface area contributed by atoms with Crippen LogP contribution in [0.1, 0.15) is 25.3 Å². The molecule has 0 amide bonds. The maximum absolute atomic E-state index is 8.94. The van der Waals surface area contributed by atoms with E-state index in [-0.39, 0.29) is 0 Å². The van der Waals surface area contributed by atoms with E-state index in [0.717, 1.165) is 40.9 Å². The summed E-state index contributed by atoms with van der Waals surface area (Å²) >= 11 is 0. The highest BCUT2D eigenvalue weighted by Crippen LogP contribution is 2.27. The van der Waals surface area contributed by atoms with Crippen LogP contribution in [0.2, 0.25) is 0 Å². The van der Waals surface area contributed by atoms with Gasteiger partial charge in [-0.1, -0.05) is 67.3 Å². The third-order valence-electron chi connectivity index (χ3n) is 4.60. The first-order chi connectivity index (χ1) is 12.6. The van der Waals surface area contributed by atoms with Gasteiger partial charge in [0.25, 0.3) is 0 Å². The molecule has 0 radical (unpaired) electrons. The number of benzene rings is 2. The minimum Gasteiger partial charge on any atom is -0.356 e. The Kier molecular flexibility index (Phi) is 5.40. The maximum atomic E-state index is 8.94. The minimum absolute atomic E-state index is 0.480. The Balaban J connectivity index is 1.76. The molecule has 1 aliphatic rings. The van der Waals surface area contributed by atoms with Crippen LogP contribution in [0.25, 0.3) is 16.8 Å². The normalized spacial score (nSPS) is 13.5. The smallest absolute Gasteiger partial charge is 0.0602 e. The summed E-state index contributed by atoms with van der Waals surface area (Å²) in [6, 6.07) is 16.2. The van der Waals surface area contributed by atoms with Crippen molar-refractivity contribution in [1.82, 2.24) is 5.48 Å². The third kappa shape index (κ3) is 4.13. The van der Waals surface area contributed by atoms with E-state index in [2.05, 4.69) is 55.2 Å². The van der Waals surface area contributed by atoms with Gasteiger partial charge in [0.05, 0.1) is 5.70 Å². The highest BCUT2D eigenvalue weighted by molar-refractivity contribution is 5.71. The van der Waals surface area contributed by atoms with Crippen LogP contribution >= 0.6 is 0 Å². The molecule has 0 atom stereocenters. The molecule has 2 aromatic rings. The van der Waals surface area contributed by atoms with Crippen LogP contribution in [-0.2, 0) is 0 Å². The molecule has 0 bridgehead atoms. The largest absolute Gasteiger partial charge is 0.356 e. The van der Waals surface area contributed by atoms with Gasteiger partial charge in [-0.05, 0) is 54.2 Å². The Morgan fingerprint density at radius 2 is 1.69 bits per heavy atom. The van der Waals surface area contributed by atoms with Gasteiger partial charge in [-0.25, -0.2) is 0 Å². The summed E-state index contributed by atoms with van der Waals surface area (Å²) in [5.41, 5.74) is 10.3. The highest BCUT2D eigenvalue weighted by atomic mass is 16.5. The zero-order valence-corrected chi connectivity index (χ0v) is 15.0. The minimum atomic E-state index is 0.480. The molecule has 3 N–H and O–H groups in total. The van der Waals surface area contributed by atoms with Crippen LogP contribution in [0.3, 0.4) is 0 Å². The van der Waals surface area contributed by atoms with Crippen LogP contribution in [-0.4, -0.2) is 5.21 Å². The van der Waals surface area contributed by atoms with Crippen molar-refractivity contribution in [2.24, 2.45) is 0 Å². The van der Waals surface area contributed by atoms with Crippen molar-refractivity contribution in [3.05, 3.63) is 96.2 Å². The standard InChI is InChI=1S/C23H24N2O/c1-16-7-9-19(10-8-16)17(2)24-23-6-4-5-22(15-23)21-13-11-20(12-14-21)18(3)25-26/h4-7,9,11-15,24-26H,2-3,8,10H2,1H3. The number of anilines is 1. The van der Waals surface area contributed by atoms with Gasteiger partial charge in [0, 0.05) is 11.4 Å². The molecule has 132 valence electrons. The second-order valence-electron chi connectivity index (χ2n) is 6.56. The van der Waals surface area contributed by atoms with Gasteiger partial charge in [-0.2, -0.15) is 0 Å². The topological polar surface area (TPSA) is 44.3 Å². The average molecular weight is 344 g/mol. The van der Waals surface area contributed by atoms with Gasteiger partial charge >= 0.3 is 0 Å². The van der Waals surface area contributed by atoms with Crippen molar-refractivity contribution in [3.8, 4) is 11.1 Å². The van der Waals surface area contributed by atoms with Gasteiger partial charge in [0.1, 0.15) is 0 Å². The zero-order valence-electron chi connectivity index (χ0n) is 15.0. The van der Waals surface area contributed by atoms with Crippen LogP contribution in [0, 0.1) is 0 Å². The molecule has 2 aromatic carbocycles. The molecule has 3 rings (SSSR count). The number of hydrogen-bond donors (Lipinski definition) is 3. The average Bonchev–Trinajstić information content (AvgIpc) is 2.68. The van der Waals surface area contributed by atoms with E-state index < -0.39 is 0 Å². The fraction of sp³-hybridized carbons (Fsp3) is 0.130. The molecule has 0 saturated heterocycles. The summed E-state index contributed by atoms with van der Waals surface area (Å²) in [6.45, 7) is 10.1. The van der Waals surface area contributed by atoms with Crippen LogP contribution in [0.5, 0.6) is 0 Å². The van der Waals surface area contributed by atoms with Gasteiger partial charge < -0.3 is 5.32 Å². The SMILES string of the molecule is C=C(Nc1cccc(-c2ccc(C(=C)NO)cc2)c1)C1=CC=C(C)CC1. The molecule has 0 unspecified atom stereocenters. The molecule has 0 heterocycles. The first-order valence-electron chi connectivity index (χ1n) is 8.69. The highest BCUT2D eigenvalue weighted by Gasteiger charge is 2.08. The van der Waals surface area contributed by atoms with E-state index in [1.807, 2.05) is 36.4 Å². The van der Waals surface area contributed by atoms with E-state index in [9.17, 15) is 0 Å². The van der Waals surface area contributed by atoms with E-state index in [1.54, 1.807) is 0 Å². The van der Waals surface area contributed by atoms with Crippen LogP contribution < -0.4 is 10.8 Å². The van der Waals surface area contributed by atoms with Crippen molar-refractivity contribution < 1.29 is 5.21 Å². The van der Waals surface area contributed by atoms with Gasteiger partial charge in [-0.15, -0.1) is 0 Å². The number of hydrogen-bond acceptors (Lipinski definition) is 3. The summed E-state index contributed by atoms with van der Waals surface area (Å²) in [4.78, 5) is 0. The summed E-state index contributed by atoms with van der Waals surface area (Å²) in [7, 11) is 0. The van der Waals surface area contributed by atoms with Crippen LogP contribution in [0.15, 0.2) is 90.7 Å². The summed E-state index contributed by atoms with van der Waals surface area (Å²) in [5.74, 6) is 0. The molecule has 0 aromatic heterocycles. The van der Waals surface area contributed by atoms with Crippen molar-refractivity contribution >= 4 is 11.4 Å². The van der Waals surface area contributed by atoms with Gasteiger partial charge in [0.15, 0.2) is 0 Å². The van der Waals surface area contributed by atoms with Crippen molar-refractivity contribution in [3.63, 3.8) is 0 Å². The monoisotopic (exact) mass is 344 g/mol. The van der Waals surface area contributed by atoms with Crippen LogP contribution in [0.4, 0.5) is 5.69 Å². The predicted molar refractivity (Wildman–Crippen MR) is 110 cm³/mol. The molecule has 3 heteroatoms. The number of hydroxylamine groups is 1. The maximum Gasteiger partial charge on any atom is 0.0602 e. The predicted octanol–water partition coefficient (Wildman–Crippen LogP) is 5.90. The fourth-order valence-corrected chi connectivity index (χ4v) is 2.95. The second kappa shape index (κ2) is 7.89. The van der Waals surface area contributed by atoms with Crippen molar-refractivity contribution in [1.29, 1.82) is 0 Å². The summed E-state index contributed by atoms with van der Waals surface area (Å²) in [5, 5.41) is 12.4. The molecule has 1 aliphatic carbocycles. The summed E-state index contributed by atoms with van der Waals surface area (Å²) < 4.78 is 0. The lowest BCUT2D eigenvalue weighted by atomic mass is 9.97. The Morgan fingerprint density at radius 3 is 2.35 bits per heavy atom. The van der Waals surface area contributed by atoms with Gasteiger partial charge in [-0.3, -0.25) is 10.7 Å². The first kappa shape index (κ1) is 17.8. The Morgan fingerprint density at radius 1 is 0.923 bits per heavy atom. The van der Waals surface area contributed by atoms with Gasteiger partial charge in [0.2, 0.25) is 0 Å². The fourth-order valence-electron chi connectivity index (χ4n) is 2.95. The number of nitrogens with one attached hydrogen (secondary N) is 2. The quantitative estimate of drug-likeness (QED) is 0.572. The third-order valence-corrected chi connectivity index (χ3v) is 4.60. The summed E-state index contributed by atoms with van der Waals surface area (Å²) in [6.07, 6.45) is 6.43. The van der Waals surface area contributed by atoms with Crippen molar-refractivity contribution in [2.75, 3.05) is 5.32 Å². The van der Waals surface area contributed by atoms with E-state index in [1.165, 1.54) is 11.1 Å². The molecule has 0 saturated carbocycles. The lowest BCUT2D eigenvalue weighted by molar-refractivity contribution is 0.225. The Hall–Kier alpha value is -3.04. The lowest BCUT2D eigenvalue weighted by Crippen LogP contribution is -2.04. The van der Waals surface area contributed by atoms with E-state index in [4.69, 9.17) is 5.21 Å². The molecule has 3 nitrogen and oxygen atoms in total. The van der Waals surface area contributed by atoms with E-state index >= 15 is 0 Å². The molecule has 0 fully saturated rings. The molecule has 0 spiro atoms. The number of rotatable bonds is 6. The first-order valence-corrected chi connectivity index (χ1v) is 8.69. The molecule has 26 heavy (non-hydrogen) atoms. The zero-order chi connectivity index (χ0) is 18.5. The Bertz CT molecular complexity index is 889. The Labute approximate surface area is 155 Å². The second-order valence-corrected chi connectivity index (χ2v) is 6.56. The van der Waals surface area contributed by atoms with E-state index in [0.29, 0.717) is 5.70 Å². The lowest BCUT2D eigenvalue weighted by Gasteiger charge is -2.17. The van der Waals surface area contributed by atoms with Crippen molar-refractivity contribution in [2.45, 2.75) is 19.8 Å². The molecular weight excluding hydrogens is 320 g/mol. The number of allylic oxidation sites excluding steroid dienone is 4.